The number of rotatable bonds is 3. The number of hydrogen-bond donors (Lipinski definition) is 0. The number of hydrogen-bond acceptors (Lipinski definition) is 2. The van der Waals surface area contributed by atoms with Gasteiger partial charge in [0.15, 0.2) is 0 Å². The molecule has 0 bridgehead atoms. The number of aryl methyl sites for hydroxylation is 1. The second kappa shape index (κ2) is 6.86. The van der Waals surface area contributed by atoms with Crippen molar-refractivity contribution in [2.45, 2.75) is 6.92 Å². The molecule has 0 unspecified atom stereocenters. The lowest BCUT2D eigenvalue weighted by atomic mass is 10.1. The van der Waals surface area contributed by atoms with E-state index in [1.165, 1.54) is 0 Å². The molecule has 1 aliphatic heterocycles. The van der Waals surface area contributed by atoms with Crippen LogP contribution in [0.15, 0.2) is 22.7 Å². The zero-order chi connectivity index (χ0) is 13.8. The first-order valence-electron chi connectivity index (χ1n) is 6.45. The van der Waals surface area contributed by atoms with E-state index in [9.17, 15) is 4.79 Å². The minimum atomic E-state index is 0.130. The number of carbonyl (C=O) groups excluding carboxylic acids is 1. The number of benzene rings is 1. The van der Waals surface area contributed by atoms with Gasteiger partial charge in [-0.15, -0.1) is 0 Å². The summed E-state index contributed by atoms with van der Waals surface area (Å²) in [6, 6.07) is 5.89. The summed E-state index contributed by atoms with van der Waals surface area (Å²) < 4.78 is 0.889. The predicted octanol–water partition coefficient (Wildman–Crippen LogP) is 2.91. The summed E-state index contributed by atoms with van der Waals surface area (Å²) in [4.78, 5) is 16.8. The summed E-state index contributed by atoms with van der Waals surface area (Å²) in [5.41, 5.74) is 1.92. The number of alkyl halides is 1. The Balaban J connectivity index is 2.01. The summed E-state index contributed by atoms with van der Waals surface area (Å²) >= 11 is 6.94. The molecule has 104 valence electrons. The van der Waals surface area contributed by atoms with Crippen molar-refractivity contribution in [3.8, 4) is 0 Å². The number of carbonyl (C=O) groups is 1. The van der Waals surface area contributed by atoms with Crippen LogP contribution in [0.25, 0.3) is 0 Å². The van der Waals surface area contributed by atoms with Gasteiger partial charge in [0.2, 0.25) is 0 Å². The molecule has 1 amide bonds. The van der Waals surface area contributed by atoms with Gasteiger partial charge in [0.25, 0.3) is 5.91 Å². The molecule has 5 heteroatoms. The molecule has 1 heterocycles. The predicted molar refractivity (Wildman–Crippen MR) is 85.0 cm³/mol. The third-order valence-electron chi connectivity index (χ3n) is 3.42. The van der Waals surface area contributed by atoms with Crippen molar-refractivity contribution in [2.75, 3.05) is 38.1 Å². The minimum absolute atomic E-state index is 0.130. The Kier molecular flexibility index (Phi) is 5.42. The molecular weight excluding hydrogens is 372 g/mol. The van der Waals surface area contributed by atoms with Gasteiger partial charge in [-0.3, -0.25) is 9.69 Å². The van der Waals surface area contributed by atoms with E-state index in [1.807, 2.05) is 30.0 Å². The van der Waals surface area contributed by atoms with Crippen molar-refractivity contribution in [3.63, 3.8) is 0 Å². The van der Waals surface area contributed by atoms with Gasteiger partial charge >= 0.3 is 0 Å². The van der Waals surface area contributed by atoms with Gasteiger partial charge in [0.1, 0.15) is 0 Å². The molecule has 0 spiro atoms. The van der Waals surface area contributed by atoms with Gasteiger partial charge in [-0.2, -0.15) is 0 Å². The molecule has 0 N–H and O–H groups in total. The highest BCUT2D eigenvalue weighted by Crippen LogP contribution is 2.20. The molecule has 19 heavy (non-hydrogen) atoms. The largest absolute Gasteiger partial charge is 0.336 e. The van der Waals surface area contributed by atoms with Crippen molar-refractivity contribution in [2.24, 2.45) is 0 Å². The smallest absolute Gasteiger partial charge is 0.255 e. The van der Waals surface area contributed by atoms with E-state index < -0.39 is 0 Å². The van der Waals surface area contributed by atoms with Crippen LogP contribution in [0.3, 0.4) is 0 Å². The molecule has 0 atom stereocenters. The highest BCUT2D eigenvalue weighted by atomic mass is 79.9. The summed E-state index contributed by atoms with van der Waals surface area (Å²) in [6.07, 6.45) is 0. The molecule has 3 nitrogen and oxygen atoms in total. The maximum absolute atomic E-state index is 12.5. The van der Waals surface area contributed by atoms with E-state index in [2.05, 4.69) is 36.8 Å². The highest BCUT2D eigenvalue weighted by Gasteiger charge is 2.22. The lowest BCUT2D eigenvalue weighted by Crippen LogP contribution is -2.49. The van der Waals surface area contributed by atoms with Crippen LogP contribution >= 0.6 is 31.9 Å². The molecule has 0 saturated carbocycles. The van der Waals surface area contributed by atoms with Crippen LogP contribution in [0.1, 0.15) is 15.9 Å². The monoisotopic (exact) mass is 388 g/mol. The third kappa shape index (κ3) is 3.80. The van der Waals surface area contributed by atoms with Crippen molar-refractivity contribution < 1.29 is 4.79 Å². The van der Waals surface area contributed by atoms with E-state index in [-0.39, 0.29) is 5.91 Å². The van der Waals surface area contributed by atoms with Crippen LogP contribution in [-0.2, 0) is 0 Å². The van der Waals surface area contributed by atoms with Crippen molar-refractivity contribution in [3.05, 3.63) is 33.8 Å². The number of nitrogens with zero attached hydrogens (tertiary/aromatic N) is 2. The molecule has 0 aromatic heterocycles. The Hall–Kier alpha value is -0.390. The number of amides is 1. The Morgan fingerprint density at radius 3 is 2.53 bits per heavy atom. The van der Waals surface area contributed by atoms with Gasteiger partial charge in [0.05, 0.1) is 5.56 Å². The summed E-state index contributed by atoms with van der Waals surface area (Å²) in [6.45, 7) is 6.62. The molecule has 1 saturated heterocycles. The van der Waals surface area contributed by atoms with E-state index in [4.69, 9.17) is 0 Å². The van der Waals surface area contributed by atoms with Crippen LogP contribution < -0.4 is 0 Å². The lowest BCUT2D eigenvalue weighted by molar-refractivity contribution is 0.0644. The van der Waals surface area contributed by atoms with Crippen LogP contribution in [0.4, 0.5) is 0 Å². The fourth-order valence-corrected chi connectivity index (χ4v) is 3.42. The Morgan fingerprint density at radius 2 is 1.95 bits per heavy atom. The SMILES string of the molecule is Cc1ccc(C(=O)N2CCN(CCBr)CC2)c(Br)c1. The third-order valence-corrected chi connectivity index (χ3v) is 4.43. The molecule has 0 radical (unpaired) electrons. The van der Waals surface area contributed by atoms with E-state index in [1.54, 1.807) is 0 Å². The van der Waals surface area contributed by atoms with E-state index in [0.29, 0.717) is 0 Å². The Bertz CT molecular complexity index is 457. The quantitative estimate of drug-likeness (QED) is 0.742. The lowest BCUT2D eigenvalue weighted by Gasteiger charge is -2.34. The molecular formula is C14H18Br2N2O. The van der Waals surface area contributed by atoms with E-state index in [0.717, 1.165) is 53.7 Å². The second-order valence-electron chi connectivity index (χ2n) is 4.81. The zero-order valence-corrected chi connectivity index (χ0v) is 14.2. The van der Waals surface area contributed by atoms with Crippen LogP contribution in [-0.4, -0.2) is 53.8 Å². The average molecular weight is 390 g/mol. The zero-order valence-electron chi connectivity index (χ0n) is 11.0. The Labute approximate surface area is 131 Å². The number of halogens is 2. The van der Waals surface area contributed by atoms with Crippen LogP contribution in [0.2, 0.25) is 0 Å². The highest BCUT2D eigenvalue weighted by molar-refractivity contribution is 9.10. The first-order valence-corrected chi connectivity index (χ1v) is 8.37. The maximum Gasteiger partial charge on any atom is 0.255 e. The van der Waals surface area contributed by atoms with Gasteiger partial charge in [0, 0.05) is 42.5 Å². The van der Waals surface area contributed by atoms with Gasteiger partial charge in [-0.25, -0.2) is 0 Å². The Morgan fingerprint density at radius 1 is 1.26 bits per heavy atom. The maximum atomic E-state index is 12.5. The van der Waals surface area contributed by atoms with Gasteiger partial charge in [-0.05, 0) is 40.5 Å². The summed E-state index contributed by atoms with van der Waals surface area (Å²) in [7, 11) is 0. The first kappa shape index (κ1) is 15.0. The van der Waals surface area contributed by atoms with Gasteiger partial charge in [-0.1, -0.05) is 22.0 Å². The first-order chi connectivity index (χ1) is 9.11. The summed E-state index contributed by atoms with van der Waals surface area (Å²) in [5.74, 6) is 0.130. The average Bonchev–Trinajstić information content (AvgIpc) is 2.39. The molecule has 1 fully saturated rings. The minimum Gasteiger partial charge on any atom is -0.336 e. The normalized spacial score (nSPS) is 16.7. The fraction of sp³-hybridized carbons (Fsp3) is 0.500. The van der Waals surface area contributed by atoms with Crippen LogP contribution in [0.5, 0.6) is 0 Å². The van der Waals surface area contributed by atoms with Gasteiger partial charge < -0.3 is 4.90 Å². The molecule has 2 rings (SSSR count). The summed E-state index contributed by atoms with van der Waals surface area (Å²) in [5, 5.41) is 0.991. The molecule has 1 aromatic rings. The molecule has 1 aliphatic rings. The van der Waals surface area contributed by atoms with Crippen molar-refractivity contribution in [1.82, 2.24) is 9.80 Å². The van der Waals surface area contributed by atoms with E-state index >= 15 is 0 Å². The number of piperazine rings is 1. The van der Waals surface area contributed by atoms with Crippen molar-refractivity contribution >= 4 is 37.8 Å². The standard InChI is InChI=1S/C14H18Br2N2O/c1-11-2-3-12(13(16)10-11)14(19)18-8-6-17(5-4-15)7-9-18/h2-3,10H,4-9H2,1H3. The molecule has 0 aliphatic carbocycles. The fourth-order valence-electron chi connectivity index (χ4n) is 2.26. The van der Waals surface area contributed by atoms with Crippen LogP contribution in [0, 0.1) is 6.92 Å². The second-order valence-corrected chi connectivity index (χ2v) is 6.45. The topological polar surface area (TPSA) is 23.6 Å². The molecule has 1 aromatic carbocycles. The van der Waals surface area contributed by atoms with Crippen molar-refractivity contribution in [1.29, 1.82) is 0 Å².